The fourth-order valence-electron chi connectivity index (χ4n) is 3.47. The molecule has 3 heteroatoms. The zero-order valence-electron chi connectivity index (χ0n) is 15.7. The zero-order chi connectivity index (χ0) is 15.9. The van der Waals surface area contributed by atoms with E-state index in [0.29, 0.717) is 0 Å². The largest absolute Gasteiger partial charge is 1.00 e. The zero-order valence-corrected chi connectivity index (χ0v) is 19.7. The molecule has 0 bridgehead atoms. The van der Waals surface area contributed by atoms with Gasteiger partial charge < -0.3 is 24.8 Å². The molecule has 0 radical (unpaired) electrons. The minimum Gasteiger partial charge on any atom is -1.00 e. The fraction of sp³-hybridized carbons (Fsp3) is 0.571. The third-order valence-corrected chi connectivity index (χ3v) is 12.0. The summed E-state index contributed by atoms with van der Waals surface area (Å²) in [7, 11) is 0. The molecule has 0 unspecified atom stereocenters. The van der Waals surface area contributed by atoms with Crippen LogP contribution in [0, 0.1) is 0 Å². The Hall–Kier alpha value is 0.293. The molecule has 0 N–H and O–H groups in total. The van der Waals surface area contributed by atoms with Crippen LogP contribution in [0.15, 0.2) is 42.0 Å². The van der Waals surface area contributed by atoms with Crippen molar-refractivity contribution in [2.45, 2.75) is 79.1 Å². The number of hydrogen-bond donors (Lipinski definition) is 0. The van der Waals surface area contributed by atoms with E-state index in [1.165, 1.54) is 51.4 Å². The number of allylic oxidation sites excluding steroid dienone is 8. The minimum atomic E-state index is -1.69. The molecule has 0 nitrogen and oxygen atoms in total. The molecule has 134 valence electrons. The molecule has 0 spiro atoms. The third-order valence-electron chi connectivity index (χ3n) is 4.67. The molecule has 0 fully saturated rings. The van der Waals surface area contributed by atoms with Gasteiger partial charge in [-0.05, 0) is 0 Å². The Morgan fingerprint density at radius 2 is 1.25 bits per heavy atom. The van der Waals surface area contributed by atoms with E-state index < -0.39 is 21.3 Å². The predicted octanol–water partition coefficient (Wildman–Crippen LogP) is 0.633. The van der Waals surface area contributed by atoms with Gasteiger partial charge in [0, 0.05) is 0 Å². The molecule has 0 atom stereocenters. The maximum Gasteiger partial charge on any atom is -1.00 e. The van der Waals surface area contributed by atoms with Gasteiger partial charge in [-0.15, -0.1) is 0 Å². The van der Waals surface area contributed by atoms with Gasteiger partial charge >= 0.3 is 146 Å². The van der Waals surface area contributed by atoms with Crippen molar-refractivity contribution in [2.75, 3.05) is 0 Å². The van der Waals surface area contributed by atoms with Crippen LogP contribution in [0.25, 0.3) is 0 Å². The molecule has 0 heterocycles. The summed E-state index contributed by atoms with van der Waals surface area (Å²) in [6, 6.07) is 0. The number of unbranched alkanes of at least 4 members (excludes halogenated alkanes) is 2. The van der Waals surface area contributed by atoms with Crippen LogP contribution < -0.4 is 24.8 Å². The summed E-state index contributed by atoms with van der Waals surface area (Å²) < 4.78 is 5.39. The first kappa shape index (κ1) is 24.3. The number of halogens is 2. The average Bonchev–Trinajstić information content (AvgIpc) is 3.13. The molecule has 0 amide bonds. The van der Waals surface area contributed by atoms with E-state index in [-0.39, 0.29) is 24.8 Å². The van der Waals surface area contributed by atoms with E-state index in [1.807, 2.05) is 6.56 Å². The molecule has 0 saturated heterocycles. The summed E-state index contributed by atoms with van der Waals surface area (Å²) in [4.78, 5) is 0. The predicted molar refractivity (Wildman–Crippen MR) is 97.0 cm³/mol. The second-order valence-corrected chi connectivity index (χ2v) is 14.3. The van der Waals surface area contributed by atoms with Crippen LogP contribution >= 0.6 is 0 Å². The molecular weight excluding hydrogens is 414 g/mol. The fourth-order valence-corrected chi connectivity index (χ4v) is 10.8. The van der Waals surface area contributed by atoms with E-state index in [0.717, 1.165) is 0 Å². The Morgan fingerprint density at radius 1 is 0.833 bits per heavy atom. The molecule has 2 rings (SSSR count). The summed E-state index contributed by atoms with van der Waals surface area (Å²) >= 11 is -1.69. The van der Waals surface area contributed by atoms with Gasteiger partial charge in [0.2, 0.25) is 0 Å². The smallest absolute Gasteiger partial charge is 1.00 e. The maximum atomic E-state index is 2.59. The van der Waals surface area contributed by atoms with Crippen molar-refractivity contribution in [3.8, 4) is 0 Å². The van der Waals surface area contributed by atoms with Crippen LogP contribution in [-0.4, -0.2) is 3.21 Å². The second kappa shape index (κ2) is 12.6. The van der Waals surface area contributed by atoms with Crippen LogP contribution in [0.5, 0.6) is 0 Å². The topological polar surface area (TPSA) is 0 Å². The third kappa shape index (κ3) is 6.89. The van der Waals surface area contributed by atoms with Gasteiger partial charge in [0.25, 0.3) is 0 Å². The molecule has 0 saturated carbocycles. The Bertz CT molecular complexity index is 514. The quantitative estimate of drug-likeness (QED) is 0.513. The number of rotatable bonds is 8. The van der Waals surface area contributed by atoms with Crippen molar-refractivity contribution in [3.05, 3.63) is 42.0 Å². The van der Waals surface area contributed by atoms with Gasteiger partial charge in [-0.1, -0.05) is 0 Å². The normalized spacial score (nSPS) is 15.3. The van der Waals surface area contributed by atoms with Crippen LogP contribution in [0.4, 0.5) is 0 Å². The van der Waals surface area contributed by atoms with Crippen molar-refractivity contribution in [1.82, 2.24) is 0 Å². The Morgan fingerprint density at radius 3 is 1.58 bits per heavy atom. The van der Waals surface area contributed by atoms with Crippen molar-refractivity contribution < 1.29 is 46.1 Å². The number of hydrogen-bond acceptors (Lipinski definition) is 0. The summed E-state index contributed by atoms with van der Waals surface area (Å²) in [5.74, 6) is 0. The Labute approximate surface area is 169 Å². The first-order valence-corrected chi connectivity index (χ1v) is 12.8. The summed E-state index contributed by atoms with van der Waals surface area (Å²) in [5.41, 5.74) is 3.24. The Balaban J connectivity index is 0.00000264. The Kier molecular flexibility index (Phi) is 12.8. The van der Waals surface area contributed by atoms with E-state index in [1.54, 1.807) is 14.4 Å². The van der Waals surface area contributed by atoms with Crippen LogP contribution in [0.1, 0.15) is 79.1 Å². The monoisotopic (exact) mass is 444 g/mol. The summed E-state index contributed by atoms with van der Waals surface area (Å²) in [6.45, 7) is 9.37. The van der Waals surface area contributed by atoms with Gasteiger partial charge in [0.1, 0.15) is 0 Å². The van der Waals surface area contributed by atoms with Gasteiger partial charge in [-0.2, -0.15) is 0 Å². The van der Waals surface area contributed by atoms with Gasteiger partial charge in [-0.3, -0.25) is 0 Å². The van der Waals surface area contributed by atoms with Crippen LogP contribution in [0.3, 0.4) is 0 Å². The SMILES string of the molecule is CCCCC1=CC[C]([Zr+2]([C]2=CC(CCCC)=CC2)=[C](C)C)=C1.[Cl-].[Cl-]. The summed E-state index contributed by atoms with van der Waals surface area (Å²) in [5, 5.41) is 0. The van der Waals surface area contributed by atoms with Crippen molar-refractivity contribution >= 4 is 3.21 Å². The molecule has 2 aliphatic carbocycles. The van der Waals surface area contributed by atoms with Crippen LogP contribution in [0.2, 0.25) is 0 Å². The second-order valence-electron chi connectivity index (χ2n) is 6.89. The molecule has 0 aromatic rings. The maximum absolute atomic E-state index is 2.59. The molecule has 24 heavy (non-hydrogen) atoms. The minimum absolute atomic E-state index is 0. The standard InChI is InChI=1S/2C9H13.C3H6.2ClH.Zr/c2*1-2-3-6-9-7-4-5-8-9;1-3-2;;;/h2*7-8H,2-4,6H2,1H3;1-2H3;2*1H;/q;;;;;+2/p-2. The molecule has 0 aromatic carbocycles. The average molecular weight is 447 g/mol. The van der Waals surface area contributed by atoms with E-state index >= 15 is 0 Å². The van der Waals surface area contributed by atoms with Gasteiger partial charge in [0.15, 0.2) is 0 Å². The van der Waals surface area contributed by atoms with Crippen molar-refractivity contribution in [1.29, 1.82) is 0 Å². The van der Waals surface area contributed by atoms with Crippen LogP contribution in [-0.2, 0) is 21.3 Å². The van der Waals surface area contributed by atoms with E-state index in [2.05, 4.69) is 52.0 Å². The summed E-state index contributed by atoms with van der Waals surface area (Å²) in [6.07, 6.45) is 20.6. The molecular formula is C21H32Cl2Zr. The molecule has 2 aliphatic rings. The van der Waals surface area contributed by atoms with Gasteiger partial charge in [0.05, 0.1) is 0 Å². The van der Waals surface area contributed by atoms with Crippen molar-refractivity contribution in [3.63, 3.8) is 0 Å². The van der Waals surface area contributed by atoms with Crippen molar-refractivity contribution in [2.24, 2.45) is 0 Å². The van der Waals surface area contributed by atoms with E-state index in [9.17, 15) is 0 Å². The molecule has 0 aromatic heterocycles. The first-order valence-electron chi connectivity index (χ1n) is 9.13. The van der Waals surface area contributed by atoms with Gasteiger partial charge in [-0.25, -0.2) is 0 Å². The first-order chi connectivity index (χ1) is 10.7. The van der Waals surface area contributed by atoms with E-state index in [4.69, 9.17) is 0 Å². The molecule has 0 aliphatic heterocycles.